The maximum Gasteiger partial charge on any atom is 0.138 e. The third-order valence-electron chi connectivity index (χ3n) is 6.83. The molecule has 0 aliphatic heterocycles. The average molecular weight is 410 g/mol. The van der Waals surface area contributed by atoms with Crippen molar-refractivity contribution in [3.8, 4) is 11.1 Å². The molecule has 32 heavy (non-hydrogen) atoms. The van der Waals surface area contributed by atoms with Crippen molar-refractivity contribution in [1.82, 2.24) is 0 Å². The topological polar surface area (TPSA) is 0 Å². The summed E-state index contributed by atoms with van der Waals surface area (Å²) in [7, 11) is 0. The van der Waals surface area contributed by atoms with Crippen LogP contribution >= 0.6 is 0 Å². The Morgan fingerprint density at radius 2 is 0.906 bits per heavy atom. The van der Waals surface area contributed by atoms with Crippen LogP contribution in [0.1, 0.15) is 5.56 Å². The van der Waals surface area contributed by atoms with Gasteiger partial charge in [0.25, 0.3) is 0 Å². The average Bonchev–Trinajstić information content (AvgIpc) is 2.82. The van der Waals surface area contributed by atoms with Crippen LogP contribution in [-0.4, -0.2) is 0 Å². The summed E-state index contributed by atoms with van der Waals surface area (Å²) in [5.41, 5.74) is 3.50. The predicted octanol–water partition coefficient (Wildman–Crippen LogP) is 9.00. The Labute approximate surface area is 184 Å². The van der Waals surface area contributed by atoms with Gasteiger partial charge in [-0.3, -0.25) is 0 Å². The van der Waals surface area contributed by atoms with Gasteiger partial charge in [-0.2, -0.15) is 0 Å². The lowest BCUT2D eigenvalue weighted by Gasteiger charge is -2.16. The van der Waals surface area contributed by atoms with E-state index in [1.807, 2.05) is 48.5 Å². The van der Waals surface area contributed by atoms with Crippen LogP contribution in [0.25, 0.3) is 65.0 Å². The molecule has 0 radical (unpaired) electrons. The summed E-state index contributed by atoms with van der Waals surface area (Å²) < 4.78 is 15.4. The fraction of sp³-hybridized carbons (Fsp3) is 0.0323. The normalized spacial score (nSPS) is 12.1. The molecule has 0 bridgehead atoms. The zero-order chi connectivity index (χ0) is 21.4. The van der Waals surface area contributed by atoms with Crippen LogP contribution in [0.5, 0.6) is 0 Å². The van der Waals surface area contributed by atoms with Crippen molar-refractivity contribution in [3.63, 3.8) is 0 Å². The Kier molecular flexibility index (Phi) is 3.47. The van der Waals surface area contributed by atoms with Gasteiger partial charge in [0.05, 0.1) is 0 Å². The fourth-order valence-electron chi connectivity index (χ4n) is 5.52. The van der Waals surface area contributed by atoms with Gasteiger partial charge in [-0.05, 0) is 78.8 Å². The summed E-state index contributed by atoms with van der Waals surface area (Å²) in [6.45, 7) is 2.15. The number of aryl methyl sites for hydroxylation is 1. The number of rotatable bonds is 1. The minimum Gasteiger partial charge on any atom is -0.206 e. The monoisotopic (exact) mass is 410 g/mol. The van der Waals surface area contributed by atoms with Crippen molar-refractivity contribution in [2.75, 3.05) is 0 Å². The van der Waals surface area contributed by atoms with Crippen LogP contribution < -0.4 is 0 Å². The van der Waals surface area contributed by atoms with E-state index in [0.717, 1.165) is 21.9 Å². The molecule has 7 aromatic carbocycles. The van der Waals surface area contributed by atoms with Gasteiger partial charge in [-0.25, -0.2) is 4.39 Å². The molecular formula is C31H19F. The lowest BCUT2D eigenvalue weighted by atomic mass is 9.87. The molecule has 0 amide bonds. The molecule has 0 aliphatic carbocycles. The molecule has 7 aromatic rings. The van der Waals surface area contributed by atoms with E-state index < -0.39 is 0 Å². The predicted molar refractivity (Wildman–Crippen MR) is 135 cm³/mol. The maximum atomic E-state index is 15.4. The largest absolute Gasteiger partial charge is 0.206 e. The molecule has 0 fully saturated rings. The first-order valence-corrected chi connectivity index (χ1v) is 11.0. The Morgan fingerprint density at radius 3 is 1.38 bits per heavy atom. The Morgan fingerprint density at radius 1 is 0.500 bits per heavy atom. The second-order valence-electron chi connectivity index (χ2n) is 8.79. The number of fused-ring (bicyclic) bond motifs is 2. The number of hydrogen-bond acceptors (Lipinski definition) is 0. The highest BCUT2D eigenvalue weighted by molar-refractivity contribution is 6.25. The fourth-order valence-corrected chi connectivity index (χ4v) is 5.52. The van der Waals surface area contributed by atoms with Crippen LogP contribution in [0.15, 0.2) is 97.1 Å². The van der Waals surface area contributed by atoms with Crippen LogP contribution in [-0.2, 0) is 0 Å². The van der Waals surface area contributed by atoms with Crippen molar-refractivity contribution >= 4 is 53.9 Å². The standard InChI is InChI=1S/C31H19F/c1-18-14-19-10-12-21-16-23(17-22-13-11-20(15-18)28(19)29(21)22)30-24-6-2-4-8-26(24)31(32)27-9-5-3-7-25(27)30/h2-17H,1H3. The van der Waals surface area contributed by atoms with Crippen molar-refractivity contribution in [1.29, 1.82) is 0 Å². The summed E-state index contributed by atoms with van der Waals surface area (Å²) >= 11 is 0. The second kappa shape index (κ2) is 6.27. The Hall–Kier alpha value is -3.97. The first-order chi connectivity index (χ1) is 15.7. The third kappa shape index (κ3) is 2.31. The van der Waals surface area contributed by atoms with Gasteiger partial charge >= 0.3 is 0 Å². The zero-order valence-corrected chi connectivity index (χ0v) is 17.6. The third-order valence-corrected chi connectivity index (χ3v) is 6.83. The molecule has 0 saturated heterocycles. The summed E-state index contributed by atoms with van der Waals surface area (Å²) in [6.07, 6.45) is 0. The van der Waals surface area contributed by atoms with E-state index in [1.165, 1.54) is 37.9 Å². The molecule has 0 N–H and O–H groups in total. The molecular weight excluding hydrogens is 391 g/mol. The lowest BCUT2D eigenvalue weighted by Crippen LogP contribution is -1.91. The van der Waals surface area contributed by atoms with Crippen LogP contribution in [0.2, 0.25) is 0 Å². The molecule has 0 heterocycles. The minimum absolute atomic E-state index is 0.145. The van der Waals surface area contributed by atoms with Crippen molar-refractivity contribution in [2.24, 2.45) is 0 Å². The highest BCUT2D eigenvalue weighted by atomic mass is 19.1. The summed E-state index contributed by atoms with van der Waals surface area (Å²) in [4.78, 5) is 0. The van der Waals surface area contributed by atoms with Crippen molar-refractivity contribution in [2.45, 2.75) is 6.92 Å². The van der Waals surface area contributed by atoms with Crippen LogP contribution in [0, 0.1) is 12.7 Å². The van der Waals surface area contributed by atoms with Crippen LogP contribution in [0.4, 0.5) is 4.39 Å². The molecule has 0 unspecified atom stereocenters. The molecule has 0 saturated carbocycles. The number of halogens is 1. The molecule has 0 nitrogen and oxygen atoms in total. The molecule has 7 rings (SSSR count). The summed E-state index contributed by atoms with van der Waals surface area (Å²) in [6, 6.07) is 33.6. The number of hydrogen-bond donors (Lipinski definition) is 0. The Balaban J connectivity index is 1.66. The maximum absolute atomic E-state index is 15.4. The van der Waals surface area contributed by atoms with Gasteiger partial charge < -0.3 is 0 Å². The molecule has 1 heteroatoms. The molecule has 0 aliphatic rings. The quantitative estimate of drug-likeness (QED) is 0.187. The second-order valence-corrected chi connectivity index (χ2v) is 8.79. The van der Waals surface area contributed by atoms with E-state index in [-0.39, 0.29) is 5.82 Å². The molecule has 150 valence electrons. The minimum atomic E-state index is -0.145. The van der Waals surface area contributed by atoms with Gasteiger partial charge in [0.1, 0.15) is 5.82 Å². The first kappa shape index (κ1) is 17.7. The van der Waals surface area contributed by atoms with Gasteiger partial charge in [0.2, 0.25) is 0 Å². The van der Waals surface area contributed by atoms with E-state index in [4.69, 9.17) is 0 Å². The highest BCUT2D eigenvalue weighted by Crippen LogP contribution is 2.42. The Bertz CT molecular complexity index is 1720. The van der Waals surface area contributed by atoms with Gasteiger partial charge in [0.15, 0.2) is 0 Å². The molecule has 0 atom stereocenters. The van der Waals surface area contributed by atoms with Gasteiger partial charge in [0, 0.05) is 10.8 Å². The molecule has 0 aromatic heterocycles. The lowest BCUT2D eigenvalue weighted by molar-refractivity contribution is 0.651. The van der Waals surface area contributed by atoms with E-state index >= 15 is 4.39 Å². The van der Waals surface area contributed by atoms with Crippen molar-refractivity contribution < 1.29 is 4.39 Å². The van der Waals surface area contributed by atoms with E-state index in [0.29, 0.717) is 10.8 Å². The number of benzene rings is 7. The SMILES string of the molecule is Cc1cc2ccc3cc(-c4c5ccccc5c(F)c5ccccc45)cc4ccc(c1)c2c34. The first-order valence-electron chi connectivity index (χ1n) is 11.0. The summed E-state index contributed by atoms with van der Waals surface area (Å²) in [5, 5.41) is 10.9. The van der Waals surface area contributed by atoms with E-state index in [9.17, 15) is 0 Å². The van der Waals surface area contributed by atoms with Gasteiger partial charge in [-0.15, -0.1) is 0 Å². The highest BCUT2D eigenvalue weighted by Gasteiger charge is 2.17. The smallest absolute Gasteiger partial charge is 0.138 e. The zero-order valence-electron chi connectivity index (χ0n) is 17.6. The van der Waals surface area contributed by atoms with E-state index in [1.54, 1.807) is 0 Å². The van der Waals surface area contributed by atoms with Crippen molar-refractivity contribution in [3.05, 3.63) is 108 Å². The van der Waals surface area contributed by atoms with Gasteiger partial charge in [-0.1, -0.05) is 84.9 Å². The van der Waals surface area contributed by atoms with Crippen LogP contribution in [0.3, 0.4) is 0 Å². The summed E-state index contributed by atoms with van der Waals surface area (Å²) in [5.74, 6) is -0.145. The van der Waals surface area contributed by atoms with E-state index in [2.05, 4.69) is 55.5 Å². The molecule has 0 spiro atoms.